The van der Waals surface area contributed by atoms with Crippen LogP contribution in [0.3, 0.4) is 0 Å². The minimum Gasteiger partial charge on any atom is -0.497 e. The first-order valence-electron chi connectivity index (χ1n) is 8.95. The van der Waals surface area contributed by atoms with E-state index in [0.717, 1.165) is 5.56 Å². The number of hydrogen-bond acceptors (Lipinski definition) is 8. The zero-order valence-corrected chi connectivity index (χ0v) is 19.3. The quantitative estimate of drug-likeness (QED) is 0.363. The number of aryl methyl sites for hydroxylation is 1. The van der Waals surface area contributed by atoms with Gasteiger partial charge in [-0.15, -0.1) is 10.2 Å². The fourth-order valence-electron chi connectivity index (χ4n) is 2.46. The molecule has 0 unspecified atom stereocenters. The number of anilines is 2. The number of aromatic nitrogens is 2. The fraction of sp³-hybridized carbons (Fsp3) is 0.200. The zero-order chi connectivity index (χ0) is 22.4. The lowest BCUT2D eigenvalue weighted by Crippen LogP contribution is -2.13. The molecule has 1 aromatic heterocycles. The number of amides is 2. The van der Waals surface area contributed by atoms with Crippen molar-refractivity contribution in [2.75, 3.05) is 30.6 Å². The van der Waals surface area contributed by atoms with Crippen LogP contribution in [0.4, 0.5) is 10.8 Å². The van der Waals surface area contributed by atoms with Gasteiger partial charge in [0.25, 0.3) is 5.91 Å². The smallest absolute Gasteiger partial charge is 0.261 e. The normalized spacial score (nSPS) is 10.5. The molecule has 3 aromatic rings. The first-order chi connectivity index (χ1) is 14.9. The molecular weight excluding hydrogens is 460 g/mol. The number of thioether (sulfide) groups is 1. The summed E-state index contributed by atoms with van der Waals surface area (Å²) in [6.45, 7) is 1.89. The van der Waals surface area contributed by atoms with E-state index in [1.165, 1.54) is 37.3 Å². The van der Waals surface area contributed by atoms with Crippen molar-refractivity contribution in [1.29, 1.82) is 0 Å². The summed E-state index contributed by atoms with van der Waals surface area (Å²) in [7, 11) is 3.01. The van der Waals surface area contributed by atoms with E-state index in [1.807, 2.05) is 13.0 Å². The number of carbonyl (C=O) groups is 2. The van der Waals surface area contributed by atoms with Crippen LogP contribution in [0.1, 0.15) is 15.9 Å². The van der Waals surface area contributed by atoms with Crippen LogP contribution >= 0.6 is 34.7 Å². The molecule has 162 valence electrons. The highest BCUT2D eigenvalue weighted by Crippen LogP contribution is 2.28. The predicted molar refractivity (Wildman–Crippen MR) is 123 cm³/mol. The molecule has 0 saturated heterocycles. The summed E-state index contributed by atoms with van der Waals surface area (Å²) in [5.74, 6) is 0.508. The molecule has 0 radical (unpaired) electrons. The molecule has 2 amide bonds. The first-order valence-corrected chi connectivity index (χ1v) is 11.1. The Hall–Kier alpha value is -2.82. The van der Waals surface area contributed by atoms with Gasteiger partial charge in [-0.05, 0) is 36.8 Å². The molecule has 0 aliphatic rings. The second-order valence-electron chi connectivity index (χ2n) is 6.19. The van der Waals surface area contributed by atoms with Crippen LogP contribution < -0.4 is 20.1 Å². The van der Waals surface area contributed by atoms with Crippen molar-refractivity contribution >= 4 is 57.3 Å². The number of rotatable bonds is 8. The summed E-state index contributed by atoms with van der Waals surface area (Å²) in [6.07, 6.45) is 0. The molecular formula is C20H19ClN4O4S2. The minimum atomic E-state index is -0.388. The second-order valence-corrected chi connectivity index (χ2v) is 8.80. The van der Waals surface area contributed by atoms with Crippen molar-refractivity contribution in [1.82, 2.24) is 10.2 Å². The van der Waals surface area contributed by atoms with Gasteiger partial charge in [-0.1, -0.05) is 40.8 Å². The molecule has 1 heterocycles. The van der Waals surface area contributed by atoms with E-state index in [-0.39, 0.29) is 17.6 Å². The maximum Gasteiger partial charge on any atom is 0.261 e. The number of nitrogens with one attached hydrogen (secondary N) is 2. The highest BCUT2D eigenvalue weighted by molar-refractivity contribution is 8.01. The average Bonchev–Trinajstić information content (AvgIpc) is 3.21. The maximum atomic E-state index is 12.5. The van der Waals surface area contributed by atoms with Crippen molar-refractivity contribution in [3.05, 3.63) is 52.5 Å². The third-order valence-electron chi connectivity index (χ3n) is 4.06. The zero-order valence-electron chi connectivity index (χ0n) is 16.9. The van der Waals surface area contributed by atoms with Crippen LogP contribution in [0.15, 0.2) is 40.7 Å². The number of benzene rings is 2. The van der Waals surface area contributed by atoms with Gasteiger partial charge in [-0.3, -0.25) is 14.9 Å². The third kappa shape index (κ3) is 6.09. The van der Waals surface area contributed by atoms with Crippen LogP contribution in [0, 0.1) is 6.92 Å². The summed E-state index contributed by atoms with van der Waals surface area (Å²) >= 11 is 8.46. The van der Waals surface area contributed by atoms with Gasteiger partial charge in [0, 0.05) is 16.8 Å². The van der Waals surface area contributed by atoms with E-state index < -0.39 is 0 Å². The van der Waals surface area contributed by atoms with Crippen LogP contribution in [0.2, 0.25) is 5.02 Å². The molecule has 0 atom stereocenters. The van der Waals surface area contributed by atoms with Crippen molar-refractivity contribution in [2.24, 2.45) is 0 Å². The van der Waals surface area contributed by atoms with Gasteiger partial charge in [0.2, 0.25) is 11.0 Å². The van der Waals surface area contributed by atoms with Gasteiger partial charge in [0.15, 0.2) is 4.34 Å². The Balaban J connectivity index is 1.56. The van der Waals surface area contributed by atoms with Crippen LogP contribution in [-0.4, -0.2) is 42.0 Å². The molecule has 11 heteroatoms. The molecule has 31 heavy (non-hydrogen) atoms. The van der Waals surface area contributed by atoms with Gasteiger partial charge in [0.1, 0.15) is 11.5 Å². The van der Waals surface area contributed by atoms with Gasteiger partial charge in [-0.2, -0.15) is 0 Å². The topological polar surface area (TPSA) is 102 Å². The summed E-state index contributed by atoms with van der Waals surface area (Å²) in [4.78, 5) is 24.7. The van der Waals surface area contributed by atoms with Crippen molar-refractivity contribution in [3.63, 3.8) is 0 Å². The number of methoxy groups -OCH3 is 2. The molecule has 2 N–H and O–H groups in total. The minimum absolute atomic E-state index is 0.139. The van der Waals surface area contributed by atoms with Gasteiger partial charge < -0.3 is 14.8 Å². The highest BCUT2D eigenvalue weighted by Gasteiger charge is 2.16. The molecule has 2 aromatic carbocycles. The van der Waals surface area contributed by atoms with Crippen molar-refractivity contribution in [3.8, 4) is 11.5 Å². The molecule has 0 saturated carbocycles. The lowest BCUT2D eigenvalue weighted by molar-refractivity contribution is -0.113. The molecule has 8 nitrogen and oxygen atoms in total. The molecule has 3 rings (SSSR count). The van der Waals surface area contributed by atoms with E-state index in [0.29, 0.717) is 37.2 Å². The SMILES string of the molecule is COc1ccc(C(=O)Nc2nnc(SCC(=O)Nc3ccc(C)c(Cl)c3)s2)c(OC)c1. The summed E-state index contributed by atoms with van der Waals surface area (Å²) in [5, 5.41) is 14.3. The van der Waals surface area contributed by atoms with Gasteiger partial charge in [0.05, 0.1) is 25.5 Å². The molecule has 0 aliphatic carbocycles. The van der Waals surface area contributed by atoms with E-state index in [9.17, 15) is 9.59 Å². The Morgan fingerprint density at radius 3 is 2.61 bits per heavy atom. The predicted octanol–water partition coefficient (Wildman–Crippen LogP) is 4.50. The van der Waals surface area contributed by atoms with Crippen LogP contribution in [-0.2, 0) is 4.79 Å². The van der Waals surface area contributed by atoms with Crippen molar-refractivity contribution in [2.45, 2.75) is 11.3 Å². The lowest BCUT2D eigenvalue weighted by atomic mass is 10.2. The van der Waals surface area contributed by atoms with Gasteiger partial charge >= 0.3 is 0 Å². The second kappa shape index (κ2) is 10.5. The monoisotopic (exact) mass is 478 g/mol. The average molecular weight is 479 g/mol. The Kier molecular flexibility index (Phi) is 7.72. The number of carbonyl (C=O) groups excluding carboxylic acids is 2. The fourth-order valence-corrected chi connectivity index (χ4v) is 4.19. The van der Waals surface area contributed by atoms with Gasteiger partial charge in [-0.25, -0.2) is 0 Å². The number of ether oxygens (including phenoxy) is 2. The van der Waals surface area contributed by atoms with E-state index in [4.69, 9.17) is 21.1 Å². The summed E-state index contributed by atoms with van der Waals surface area (Å²) in [6, 6.07) is 10.2. The Morgan fingerprint density at radius 2 is 1.90 bits per heavy atom. The summed E-state index contributed by atoms with van der Waals surface area (Å²) in [5.41, 5.74) is 1.90. The number of nitrogens with zero attached hydrogens (tertiary/aromatic N) is 2. The highest BCUT2D eigenvalue weighted by atomic mass is 35.5. The van der Waals surface area contributed by atoms with Crippen molar-refractivity contribution < 1.29 is 19.1 Å². The van der Waals surface area contributed by atoms with E-state index in [1.54, 1.807) is 30.3 Å². The van der Waals surface area contributed by atoms with E-state index in [2.05, 4.69) is 20.8 Å². The number of halogens is 1. The molecule has 0 aliphatic heterocycles. The first kappa shape index (κ1) is 22.9. The van der Waals surface area contributed by atoms with Crippen LogP contribution in [0.25, 0.3) is 0 Å². The standard InChI is InChI=1S/C20H19ClN4O4S2/c1-11-4-5-12(8-15(11)21)22-17(26)10-30-20-25-24-19(31-20)23-18(27)14-7-6-13(28-2)9-16(14)29-3/h4-9H,10H2,1-3H3,(H,22,26)(H,23,24,27). The third-order valence-corrected chi connectivity index (χ3v) is 6.44. The largest absolute Gasteiger partial charge is 0.497 e. The van der Waals surface area contributed by atoms with E-state index >= 15 is 0 Å². The molecule has 0 spiro atoms. The Bertz CT molecular complexity index is 1110. The summed E-state index contributed by atoms with van der Waals surface area (Å²) < 4.78 is 10.9. The maximum absolute atomic E-state index is 12.5. The Morgan fingerprint density at radius 1 is 1.10 bits per heavy atom. The number of hydrogen-bond donors (Lipinski definition) is 2. The Labute approximate surface area is 192 Å². The molecule has 0 bridgehead atoms. The molecule has 0 fully saturated rings. The van der Waals surface area contributed by atoms with Crippen LogP contribution in [0.5, 0.6) is 11.5 Å². The lowest BCUT2D eigenvalue weighted by Gasteiger charge is -2.09.